The number of hydrogen-bond donors (Lipinski definition) is 1. The first-order valence-corrected chi connectivity index (χ1v) is 5.73. The Morgan fingerprint density at radius 1 is 1.40 bits per heavy atom. The zero-order chi connectivity index (χ0) is 10.7. The van der Waals surface area contributed by atoms with E-state index < -0.39 is 0 Å². The average Bonchev–Trinajstić information content (AvgIpc) is 2.99. The van der Waals surface area contributed by atoms with Crippen molar-refractivity contribution in [3.8, 4) is 5.75 Å². The van der Waals surface area contributed by atoms with E-state index in [0.717, 1.165) is 12.3 Å². The summed E-state index contributed by atoms with van der Waals surface area (Å²) in [4.78, 5) is 0. The molecule has 0 radical (unpaired) electrons. The lowest BCUT2D eigenvalue weighted by molar-refractivity contribution is 0.303. The third kappa shape index (κ3) is 3.56. The molecule has 2 nitrogen and oxygen atoms in total. The van der Waals surface area contributed by atoms with Gasteiger partial charge in [-0.05, 0) is 30.5 Å². The van der Waals surface area contributed by atoms with Gasteiger partial charge in [0.25, 0.3) is 0 Å². The first kappa shape index (κ1) is 10.5. The van der Waals surface area contributed by atoms with E-state index in [2.05, 4.69) is 37.4 Å². The number of nitrogens with one attached hydrogen (secondary N) is 1. The predicted octanol–water partition coefficient (Wildman–Crippen LogP) is 2.73. The molecule has 15 heavy (non-hydrogen) atoms. The minimum Gasteiger partial charge on any atom is -0.490 e. The molecule has 0 unspecified atom stereocenters. The standard InChI is InChI=1S/C13H19NO/c1-10(2)14-9-11-4-3-5-13(8-11)15-12-6-7-12/h3-5,8,10,12,14H,6-7,9H2,1-2H3. The van der Waals surface area contributed by atoms with Gasteiger partial charge in [-0.25, -0.2) is 0 Å². The molecule has 0 saturated heterocycles. The number of ether oxygens (including phenoxy) is 1. The number of rotatable bonds is 5. The van der Waals surface area contributed by atoms with Crippen LogP contribution in [0.15, 0.2) is 24.3 Å². The van der Waals surface area contributed by atoms with Crippen LogP contribution in [0, 0.1) is 0 Å². The third-order valence-corrected chi connectivity index (χ3v) is 2.44. The van der Waals surface area contributed by atoms with Gasteiger partial charge >= 0.3 is 0 Å². The Kier molecular flexibility index (Phi) is 3.27. The summed E-state index contributed by atoms with van der Waals surface area (Å²) in [5.41, 5.74) is 1.29. The SMILES string of the molecule is CC(C)NCc1cccc(OC2CC2)c1. The van der Waals surface area contributed by atoms with Crippen molar-refractivity contribution in [3.63, 3.8) is 0 Å². The molecule has 0 spiro atoms. The van der Waals surface area contributed by atoms with Gasteiger partial charge in [-0.1, -0.05) is 26.0 Å². The summed E-state index contributed by atoms with van der Waals surface area (Å²) in [6.45, 7) is 5.23. The van der Waals surface area contributed by atoms with Gasteiger partial charge in [-0.3, -0.25) is 0 Å². The Morgan fingerprint density at radius 2 is 2.20 bits per heavy atom. The minimum atomic E-state index is 0.485. The molecule has 0 heterocycles. The summed E-state index contributed by atoms with van der Waals surface area (Å²) in [5, 5.41) is 3.40. The second kappa shape index (κ2) is 4.67. The van der Waals surface area contributed by atoms with Crippen molar-refractivity contribution in [3.05, 3.63) is 29.8 Å². The Hall–Kier alpha value is -1.02. The second-order valence-corrected chi connectivity index (χ2v) is 4.50. The molecule has 1 aromatic carbocycles. The molecule has 1 aliphatic carbocycles. The van der Waals surface area contributed by atoms with Crippen LogP contribution in [-0.2, 0) is 6.54 Å². The zero-order valence-corrected chi connectivity index (χ0v) is 9.49. The fraction of sp³-hybridized carbons (Fsp3) is 0.538. The molecular formula is C13H19NO. The normalized spacial score (nSPS) is 15.7. The Bertz CT molecular complexity index is 318. The van der Waals surface area contributed by atoms with E-state index in [1.807, 2.05) is 6.07 Å². The molecule has 1 saturated carbocycles. The van der Waals surface area contributed by atoms with Gasteiger partial charge in [0.05, 0.1) is 6.10 Å². The van der Waals surface area contributed by atoms with Crippen molar-refractivity contribution in [1.29, 1.82) is 0 Å². The summed E-state index contributed by atoms with van der Waals surface area (Å²) in [6, 6.07) is 8.90. The maximum atomic E-state index is 5.74. The molecule has 2 heteroatoms. The molecule has 2 rings (SSSR count). The second-order valence-electron chi connectivity index (χ2n) is 4.50. The van der Waals surface area contributed by atoms with Gasteiger partial charge in [0.2, 0.25) is 0 Å². The van der Waals surface area contributed by atoms with E-state index in [1.165, 1.54) is 18.4 Å². The smallest absolute Gasteiger partial charge is 0.120 e. The van der Waals surface area contributed by atoms with E-state index in [-0.39, 0.29) is 0 Å². The molecule has 0 amide bonds. The van der Waals surface area contributed by atoms with Gasteiger partial charge in [-0.2, -0.15) is 0 Å². The molecule has 0 aromatic heterocycles. The molecule has 1 aromatic rings. The average molecular weight is 205 g/mol. The summed E-state index contributed by atoms with van der Waals surface area (Å²) in [5.74, 6) is 1.01. The maximum Gasteiger partial charge on any atom is 0.120 e. The van der Waals surface area contributed by atoms with Crippen molar-refractivity contribution in [2.24, 2.45) is 0 Å². The predicted molar refractivity (Wildman–Crippen MR) is 62.1 cm³/mol. The number of hydrogen-bond acceptors (Lipinski definition) is 2. The fourth-order valence-electron chi connectivity index (χ4n) is 1.43. The van der Waals surface area contributed by atoms with E-state index in [0.29, 0.717) is 12.1 Å². The van der Waals surface area contributed by atoms with E-state index in [4.69, 9.17) is 4.74 Å². The van der Waals surface area contributed by atoms with Gasteiger partial charge in [0, 0.05) is 12.6 Å². The maximum absolute atomic E-state index is 5.74. The van der Waals surface area contributed by atoms with Gasteiger partial charge in [0.1, 0.15) is 5.75 Å². The molecule has 1 fully saturated rings. The molecule has 0 atom stereocenters. The van der Waals surface area contributed by atoms with Crippen LogP contribution in [0.2, 0.25) is 0 Å². The lowest BCUT2D eigenvalue weighted by Crippen LogP contribution is -2.21. The van der Waals surface area contributed by atoms with Gasteiger partial charge in [0.15, 0.2) is 0 Å². The van der Waals surface area contributed by atoms with Crippen LogP contribution in [0.5, 0.6) is 5.75 Å². The lowest BCUT2D eigenvalue weighted by Gasteiger charge is -2.10. The van der Waals surface area contributed by atoms with Crippen LogP contribution in [0.25, 0.3) is 0 Å². The minimum absolute atomic E-state index is 0.485. The highest BCUT2D eigenvalue weighted by Crippen LogP contribution is 2.26. The molecule has 82 valence electrons. The highest BCUT2D eigenvalue weighted by Gasteiger charge is 2.23. The Balaban J connectivity index is 1.92. The van der Waals surface area contributed by atoms with Crippen molar-refractivity contribution in [2.45, 2.75) is 45.4 Å². The Labute approximate surface area is 91.6 Å². The number of benzene rings is 1. The van der Waals surface area contributed by atoms with E-state index in [9.17, 15) is 0 Å². The van der Waals surface area contributed by atoms with Crippen LogP contribution >= 0.6 is 0 Å². The summed E-state index contributed by atoms with van der Waals surface area (Å²) in [7, 11) is 0. The molecule has 1 aliphatic rings. The van der Waals surface area contributed by atoms with Crippen molar-refractivity contribution < 1.29 is 4.74 Å². The van der Waals surface area contributed by atoms with Crippen LogP contribution in [-0.4, -0.2) is 12.1 Å². The van der Waals surface area contributed by atoms with Crippen LogP contribution in [0.3, 0.4) is 0 Å². The largest absolute Gasteiger partial charge is 0.490 e. The van der Waals surface area contributed by atoms with E-state index in [1.54, 1.807) is 0 Å². The zero-order valence-electron chi connectivity index (χ0n) is 9.49. The molecule has 0 aliphatic heterocycles. The third-order valence-electron chi connectivity index (χ3n) is 2.44. The summed E-state index contributed by atoms with van der Waals surface area (Å²) in [6.07, 6.45) is 2.92. The van der Waals surface area contributed by atoms with Gasteiger partial charge < -0.3 is 10.1 Å². The molecular weight excluding hydrogens is 186 g/mol. The monoisotopic (exact) mass is 205 g/mol. The quantitative estimate of drug-likeness (QED) is 0.798. The summed E-state index contributed by atoms with van der Waals surface area (Å²) >= 11 is 0. The Morgan fingerprint density at radius 3 is 2.87 bits per heavy atom. The molecule has 0 bridgehead atoms. The lowest BCUT2D eigenvalue weighted by atomic mass is 10.2. The van der Waals surface area contributed by atoms with Crippen LogP contribution in [0.1, 0.15) is 32.3 Å². The van der Waals surface area contributed by atoms with Crippen molar-refractivity contribution in [2.75, 3.05) is 0 Å². The topological polar surface area (TPSA) is 21.3 Å². The van der Waals surface area contributed by atoms with Crippen LogP contribution < -0.4 is 10.1 Å². The van der Waals surface area contributed by atoms with Crippen molar-refractivity contribution in [1.82, 2.24) is 5.32 Å². The van der Waals surface area contributed by atoms with Crippen molar-refractivity contribution >= 4 is 0 Å². The summed E-state index contributed by atoms with van der Waals surface area (Å²) < 4.78 is 5.74. The highest BCUT2D eigenvalue weighted by molar-refractivity contribution is 5.29. The molecule has 1 N–H and O–H groups in total. The first-order valence-electron chi connectivity index (χ1n) is 5.73. The van der Waals surface area contributed by atoms with E-state index >= 15 is 0 Å². The van der Waals surface area contributed by atoms with Gasteiger partial charge in [-0.15, -0.1) is 0 Å². The fourth-order valence-corrected chi connectivity index (χ4v) is 1.43. The van der Waals surface area contributed by atoms with Crippen LogP contribution in [0.4, 0.5) is 0 Å². The highest BCUT2D eigenvalue weighted by atomic mass is 16.5. The first-order chi connectivity index (χ1) is 7.24.